The minimum absolute atomic E-state index is 0.00708. The molecule has 1 aromatic carbocycles. The van der Waals surface area contributed by atoms with Crippen LogP contribution >= 0.6 is 0 Å². The van der Waals surface area contributed by atoms with Crippen molar-refractivity contribution in [1.82, 2.24) is 14.4 Å². The first-order valence-electron chi connectivity index (χ1n) is 9.21. The van der Waals surface area contributed by atoms with Gasteiger partial charge in [-0.2, -0.15) is 0 Å². The molecule has 5 heteroatoms. The van der Waals surface area contributed by atoms with Crippen molar-refractivity contribution in [2.45, 2.75) is 26.3 Å². The molecule has 1 aliphatic heterocycles. The van der Waals surface area contributed by atoms with E-state index in [4.69, 9.17) is 0 Å². The Morgan fingerprint density at radius 1 is 1.00 bits per heavy atom. The van der Waals surface area contributed by atoms with E-state index in [1.54, 1.807) is 17.7 Å². The zero-order chi connectivity index (χ0) is 18.7. The van der Waals surface area contributed by atoms with Crippen LogP contribution in [0.2, 0.25) is 0 Å². The molecule has 1 amide bonds. The van der Waals surface area contributed by atoms with E-state index in [2.05, 4.69) is 18.7 Å². The van der Waals surface area contributed by atoms with E-state index in [1.807, 2.05) is 41.4 Å². The minimum atomic E-state index is 0.00708. The van der Waals surface area contributed by atoms with Crippen LogP contribution in [0.4, 0.5) is 0 Å². The SMILES string of the molecule is CC(C)c1ccc(C(=O)N2CCN(Cc3ccc(=O)n(C)c3)CC2)cc1. The Hall–Kier alpha value is -2.40. The van der Waals surface area contributed by atoms with Crippen molar-refractivity contribution in [2.24, 2.45) is 7.05 Å². The molecule has 0 spiro atoms. The average Bonchev–Trinajstić information content (AvgIpc) is 2.65. The third-order valence-electron chi connectivity index (χ3n) is 5.04. The number of piperazine rings is 1. The summed E-state index contributed by atoms with van der Waals surface area (Å²) in [5.41, 5.74) is 3.15. The lowest BCUT2D eigenvalue weighted by Gasteiger charge is -2.34. The highest BCUT2D eigenvalue weighted by molar-refractivity contribution is 5.94. The summed E-state index contributed by atoms with van der Waals surface area (Å²) in [4.78, 5) is 28.4. The second-order valence-corrected chi connectivity index (χ2v) is 7.33. The molecule has 1 aliphatic rings. The highest BCUT2D eigenvalue weighted by Gasteiger charge is 2.22. The third-order valence-corrected chi connectivity index (χ3v) is 5.04. The van der Waals surface area contributed by atoms with Crippen LogP contribution in [0.25, 0.3) is 0 Å². The molecule has 0 radical (unpaired) electrons. The summed E-state index contributed by atoms with van der Waals surface area (Å²) in [6, 6.07) is 11.5. The quantitative estimate of drug-likeness (QED) is 0.848. The lowest BCUT2D eigenvalue weighted by molar-refractivity contribution is 0.0628. The predicted molar refractivity (Wildman–Crippen MR) is 103 cm³/mol. The van der Waals surface area contributed by atoms with Crippen molar-refractivity contribution in [3.8, 4) is 0 Å². The number of amides is 1. The van der Waals surface area contributed by atoms with Gasteiger partial charge in [0.2, 0.25) is 5.56 Å². The maximum atomic E-state index is 12.7. The van der Waals surface area contributed by atoms with Gasteiger partial charge in [-0.05, 0) is 29.2 Å². The fraction of sp³-hybridized carbons (Fsp3) is 0.429. The molecule has 1 saturated heterocycles. The van der Waals surface area contributed by atoms with E-state index in [-0.39, 0.29) is 11.5 Å². The lowest BCUT2D eigenvalue weighted by Crippen LogP contribution is -2.48. The first-order chi connectivity index (χ1) is 12.4. The Morgan fingerprint density at radius 2 is 1.65 bits per heavy atom. The Balaban J connectivity index is 1.56. The summed E-state index contributed by atoms with van der Waals surface area (Å²) in [7, 11) is 1.77. The number of hydrogen-bond acceptors (Lipinski definition) is 3. The summed E-state index contributed by atoms with van der Waals surface area (Å²) < 4.78 is 1.61. The molecule has 3 rings (SSSR count). The van der Waals surface area contributed by atoms with Crippen LogP contribution in [0.3, 0.4) is 0 Å². The van der Waals surface area contributed by atoms with E-state index in [0.29, 0.717) is 5.92 Å². The van der Waals surface area contributed by atoms with Crippen molar-refractivity contribution < 1.29 is 4.79 Å². The van der Waals surface area contributed by atoms with Crippen LogP contribution in [0.5, 0.6) is 0 Å². The Labute approximate surface area is 154 Å². The van der Waals surface area contributed by atoms with E-state index in [1.165, 1.54) is 5.56 Å². The normalized spacial score (nSPS) is 15.5. The van der Waals surface area contributed by atoms with Gasteiger partial charge in [-0.3, -0.25) is 14.5 Å². The number of benzene rings is 1. The molecule has 26 heavy (non-hydrogen) atoms. The second-order valence-electron chi connectivity index (χ2n) is 7.33. The number of carbonyl (C=O) groups is 1. The number of aromatic nitrogens is 1. The molecule has 1 aromatic heterocycles. The van der Waals surface area contributed by atoms with Crippen molar-refractivity contribution >= 4 is 5.91 Å². The molecule has 0 N–H and O–H groups in total. The molecular formula is C21H27N3O2. The zero-order valence-corrected chi connectivity index (χ0v) is 15.8. The van der Waals surface area contributed by atoms with Gasteiger partial charge in [-0.1, -0.05) is 32.0 Å². The maximum absolute atomic E-state index is 12.7. The van der Waals surface area contributed by atoms with Crippen molar-refractivity contribution in [3.05, 3.63) is 69.6 Å². The molecule has 1 fully saturated rings. The van der Waals surface area contributed by atoms with E-state index < -0.39 is 0 Å². The van der Waals surface area contributed by atoms with Crippen molar-refractivity contribution in [1.29, 1.82) is 0 Å². The number of rotatable bonds is 4. The molecule has 2 heterocycles. The summed E-state index contributed by atoms with van der Waals surface area (Å²) in [6.45, 7) is 8.27. The van der Waals surface area contributed by atoms with Gasteiger partial charge in [0.1, 0.15) is 0 Å². The van der Waals surface area contributed by atoms with Crippen molar-refractivity contribution in [3.63, 3.8) is 0 Å². The third kappa shape index (κ3) is 4.22. The number of carbonyl (C=O) groups excluding carboxylic acids is 1. The maximum Gasteiger partial charge on any atom is 0.253 e. The fourth-order valence-corrected chi connectivity index (χ4v) is 3.31. The molecule has 0 atom stereocenters. The van der Waals surface area contributed by atoms with E-state index in [0.717, 1.165) is 43.9 Å². The van der Waals surface area contributed by atoms with Gasteiger partial charge in [0.25, 0.3) is 5.91 Å². The highest BCUT2D eigenvalue weighted by Crippen LogP contribution is 2.16. The summed E-state index contributed by atoms with van der Waals surface area (Å²) >= 11 is 0. The molecule has 5 nitrogen and oxygen atoms in total. The van der Waals surface area contributed by atoms with Crippen LogP contribution in [-0.4, -0.2) is 46.5 Å². The van der Waals surface area contributed by atoms with Gasteiger partial charge >= 0.3 is 0 Å². The topological polar surface area (TPSA) is 45.6 Å². The van der Waals surface area contributed by atoms with Gasteiger partial charge in [0, 0.05) is 57.6 Å². The Kier molecular flexibility index (Phi) is 5.57. The van der Waals surface area contributed by atoms with Crippen LogP contribution in [0, 0.1) is 0 Å². The van der Waals surface area contributed by atoms with Gasteiger partial charge in [-0.25, -0.2) is 0 Å². The van der Waals surface area contributed by atoms with Gasteiger partial charge in [0.15, 0.2) is 0 Å². The first-order valence-corrected chi connectivity index (χ1v) is 9.21. The Bertz CT molecular complexity index is 816. The molecule has 0 bridgehead atoms. The standard InChI is InChI=1S/C21H27N3O2/c1-16(2)18-5-7-19(8-6-18)21(26)24-12-10-23(11-13-24)15-17-4-9-20(25)22(3)14-17/h4-9,14,16H,10-13,15H2,1-3H3. The average molecular weight is 353 g/mol. The molecular weight excluding hydrogens is 326 g/mol. The molecule has 0 aliphatic carbocycles. The highest BCUT2D eigenvalue weighted by atomic mass is 16.2. The van der Waals surface area contributed by atoms with Crippen molar-refractivity contribution in [2.75, 3.05) is 26.2 Å². The lowest BCUT2D eigenvalue weighted by atomic mass is 10.0. The molecule has 0 unspecified atom stereocenters. The fourth-order valence-electron chi connectivity index (χ4n) is 3.31. The number of nitrogens with zero attached hydrogens (tertiary/aromatic N) is 3. The first kappa shape index (κ1) is 18.4. The van der Waals surface area contributed by atoms with Gasteiger partial charge in [-0.15, -0.1) is 0 Å². The van der Waals surface area contributed by atoms with Crippen LogP contribution in [0.1, 0.15) is 41.3 Å². The number of pyridine rings is 1. The molecule has 138 valence electrons. The van der Waals surface area contributed by atoms with Gasteiger partial charge < -0.3 is 9.47 Å². The Morgan fingerprint density at radius 3 is 2.23 bits per heavy atom. The van der Waals surface area contributed by atoms with E-state index in [9.17, 15) is 9.59 Å². The summed E-state index contributed by atoms with van der Waals surface area (Å²) in [5, 5.41) is 0. The molecule has 2 aromatic rings. The predicted octanol–water partition coefficient (Wildman–Crippen LogP) is 2.47. The summed E-state index contributed by atoms with van der Waals surface area (Å²) in [5.74, 6) is 0.585. The monoisotopic (exact) mass is 353 g/mol. The second kappa shape index (κ2) is 7.87. The molecule has 0 saturated carbocycles. The smallest absolute Gasteiger partial charge is 0.253 e. The minimum Gasteiger partial charge on any atom is -0.336 e. The van der Waals surface area contributed by atoms with Crippen LogP contribution in [-0.2, 0) is 13.6 Å². The number of hydrogen-bond donors (Lipinski definition) is 0. The van der Waals surface area contributed by atoms with Crippen LogP contribution in [0.15, 0.2) is 47.4 Å². The van der Waals surface area contributed by atoms with Crippen LogP contribution < -0.4 is 5.56 Å². The number of aryl methyl sites for hydroxylation is 1. The van der Waals surface area contributed by atoms with Gasteiger partial charge in [0.05, 0.1) is 0 Å². The van der Waals surface area contributed by atoms with E-state index >= 15 is 0 Å². The summed E-state index contributed by atoms with van der Waals surface area (Å²) in [6.07, 6.45) is 1.89. The zero-order valence-electron chi connectivity index (χ0n) is 15.8. The largest absolute Gasteiger partial charge is 0.336 e.